The van der Waals surface area contributed by atoms with Gasteiger partial charge in [0.25, 0.3) is 0 Å². The molecule has 0 aliphatic heterocycles. The summed E-state index contributed by atoms with van der Waals surface area (Å²) >= 11 is 0. The van der Waals surface area contributed by atoms with E-state index in [2.05, 4.69) is 55.4 Å². The van der Waals surface area contributed by atoms with Crippen LogP contribution in [0.25, 0.3) is 0 Å². The number of rotatable bonds is 67. The van der Waals surface area contributed by atoms with Gasteiger partial charge in [-0.05, 0) is 49.4 Å². The van der Waals surface area contributed by atoms with Crippen LogP contribution in [0.1, 0.15) is 344 Å². The van der Waals surface area contributed by atoms with Crippen molar-refractivity contribution >= 4 is 39.5 Å². The fourth-order valence-electron chi connectivity index (χ4n) is 10.5. The van der Waals surface area contributed by atoms with Gasteiger partial charge in [-0.25, -0.2) is 9.13 Å². The summed E-state index contributed by atoms with van der Waals surface area (Å²) in [6.45, 7) is 14.1. The summed E-state index contributed by atoms with van der Waals surface area (Å²) in [5, 5.41) is 10.6. The van der Waals surface area contributed by atoms with Crippen LogP contribution in [-0.2, 0) is 65.4 Å². The van der Waals surface area contributed by atoms with Crippen molar-refractivity contribution in [2.75, 3.05) is 39.6 Å². The zero-order valence-corrected chi connectivity index (χ0v) is 59.8. The summed E-state index contributed by atoms with van der Waals surface area (Å²) in [5.41, 5.74) is 0. The topological polar surface area (TPSA) is 237 Å². The third-order valence-corrected chi connectivity index (χ3v) is 18.3. The maximum atomic E-state index is 13.0. The lowest BCUT2D eigenvalue weighted by molar-refractivity contribution is -0.161. The molecule has 0 fully saturated rings. The molecule has 0 radical (unpaired) electrons. The molecule has 89 heavy (non-hydrogen) atoms. The molecule has 0 heterocycles. The Bertz CT molecular complexity index is 1770. The molecule has 0 rings (SSSR count). The molecule has 0 bridgehead atoms. The molecule has 3 N–H and O–H groups in total. The second-order valence-corrected chi connectivity index (χ2v) is 29.8. The zero-order chi connectivity index (χ0) is 66.1. The van der Waals surface area contributed by atoms with Crippen LogP contribution in [-0.4, -0.2) is 96.7 Å². The summed E-state index contributed by atoms with van der Waals surface area (Å²) in [7, 11) is -9.90. The average molecular weight is 1310 g/mol. The number of hydrogen-bond acceptors (Lipinski definition) is 15. The van der Waals surface area contributed by atoms with Crippen molar-refractivity contribution in [3.63, 3.8) is 0 Å². The van der Waals surface area contributed by atoms with Crippen molar-refractivity contribution in [1.82, 2.24) is 0 Å². The van der Waals surface area contributed by atoms with Crippen LogP contribution in [0.5, 0.6) is 0 Å². The minimum Gasteiger partial charge on any atom is -0.462 e. The quantitative estimate of drug-likeness (QED) is 0.0222. The standard InChI is InChI=1S/C70H136O17P2/c1-9-63(8)49-41-33-28-29-35-43-51-68(73)81-57-66(87-69(74)52-44-36-25-19-15-13-11-10-12-14-17-22-30-38-46-60(2)3)59-85-89(78,79)83-55-64(71)54-82-88(76,77)84-58-65(56-80-67(72)50-42-34-27-21-24-32-40-48-62(6)7)86-70(75)53-45-37-26-20-16-18-23-31-39-47-61(4)5/h60-66,71H,9-59H2,1-8H3,(H,76,77)(H,78,79)/t63?,64?,65-,66-/m1/s1. The number of phosphoric acid groups is 2. The van der Waals surface area contributed by atoms with E-state index < -0.39 is 97.5 Å². The van der Waals surface area contributed by atoms with Gasteiger partial charge >= 0.3 is 39.5 Å². The van der Waals surface area contributed by atoms with Gasteiger partial charge in [0.05, 0.1) is 26.4 Å². The number of aliphatic hydroxyl groups excluding tert-OH is 1. The summed E-state index contributed by atoms with van der Waals surface area (Å²) < 4.78 is 68.2. The van der Waals surface area contributed by atoms with Crippen molar-refractivity contribution in [2.24, 2.45) is 23.7 Å². The number of hydrogen-bond donors (Lipinski definition) is 3. The molecule has 4 unspecified atom stereocenters. The van der Waals surface area contributed by atoms with Crippen molar-refractivity contribution in [1.29, 1.82) is 0 Å². The highest BCUT2D eigenvalue weighted by molar-refractivity contribution is 7.47. The molecule has 0 aliphatic rings. The molecule has 0 aliphatic carbocycles. The Labute approximate surface area is 543 Å². The van der Waals surface area contributed by atoms with Gasteiger partial charge in [-0.1, -0.05) is 293 Å². The minimum atomic E-state index is -4.95. The number of carbonyl (C=O) groups is 4. The third kappa shape index (κ3) is 63.2. The van der Waals surface area contributed by atoms with E-state index in [1.165, 1.54) is 135 Å². The maximum absolute atomic E-state index is 13.0. The Kier molecular flexibility index (Phi) is 58.5. The molecule has 0 spiro atoms. The van der Waals surface area contributed by atoms with Crippen LogP contribution < -0.4 is 0 Å². The minimum absolute atomic E-state index is 0.104. The third-order valence-electron chi connectivity index (χ3n) is 16.4. The van der Waals surface area contributed by atoms with Crippen LogP contribution in [0, 0.1) is 23.7 Å². The van der Waals surface area contributed by atoms with Crippen molar-refractivity contribution in [3.05, 3.63) is 0 Å². The number of carbonyl (C=O) groups excluding carboxylic acids is 4. The fourth-order valence-corrected chi connectivity index (χ4v) is 12.0. The largest absolute Gasteiger partial charge is 0.472 e. The lowest BCUT2D eigenvalue weighted by Crippen LogP contribution is -2.30. The fraction of sp³-hybridized carbons (Fsp3) is 0.943. The van der Waals surface area contributed by atoms with Gasteiger partial charge in [0, 0.05) is 25.7 Å². The number of unbranched alkanes of at least 4 members (excludes halogenated alkanes) is 32. The first-order chi connectivity index (χ1) is 42.6. The summed E-state index contributed by atoms with van der Waals surface area (Å²) in [6.07, 6.45) is 41.8. The lowest BCUT2D eigenvalue weighted by atomic mass is 10.00. The normalized spacial score (nSPS) is 14.6. The van der Waals surface area contributed by atoms with Gasteiger partial charge < -0.3 is 33.8 Å². The molecule has 0 aromatic heterocycles. The second kappa shape index (κ2) is 59.8. The van der Waals surface area contributed by atoms with E-state index in [4.69, 9.17) is 37.0 Å². The van der Waals surface area contributed by atoms with Crippen molar-refractivity contribution < 1.29 is 80.2 Å². The van der Waals surface area contributed by atoms with E-state index in [0.717, 1.165) is 120 Å². The highest BCUT2D eigenvalue weighted by Crippen LogP contribution is 2.45. The van der Waals surface area contributed by atoms with E-state index in [1.807, 2.05) is 0 Å². The molecule has 17 nitrogen and oxygen atoms in total. The van der Waals surface area contributed by atoms with Gasteiger partial charge in [-0.2, -0.15) is 0 Å². The molecule has 0 amide bonds. The monoisotopic (exact) mass is 1310 g/mol. The lowest BCUT2D eigenvalue weighted by Gasteiger charge is -2.21. The van der Waals surface area contributed by atoms with E-state index in [-0.39, 0.29) is 25.7 Å². The first-order valence-corrected chi connectivity index (χ1v) is 39.2. The highest BCUT2D eigenvalue weighted by Gasteiger charge is 2.30. The van der Waals surface area contributed by atoms with Crippen molar-refractivity contribution in [2.45, 2.75) is 363 Å². The van der Waals surface area contributed by atoms with Gasteiger partial charge in [0.1, 0.15) is 19.3 Å². The molecule has 528 valence electrons. The zero-order valence-electron chi connectivity index (χ0n) is 58.1. The van der Waals surface area contributed by atoms with Gasteiger partial charge in [-0.15, -0.1) is 0 Å². The number of ether oxygens (including phenoxy) is 4. The molecule has 0 aromatic carbocycles. The van der Waals surface area contributed by atoms with E-state index >= 15 is 0 Å². The first kappa shape index (κ1) is 87.1. The van der Waals surface area contributed by atoms with Crippen LogP contribution in [0.2, 0.25) is 0 Å². The molecular weight excluding hydrogens is 1170 g/mol. The number of esters is 4. The van der Waals surface area contributed by atoms with Crippen LogP contribution >= 0.6 is 15.6 Å². The summed E-state index contributed by atoms with van der Waals surface area (Å²) in [5.74, 6) is 0.836. The molecule has 0 saturated carbocycles. The second-order valence-electron chi connectivity index (χ2n) is 26.9. The average Bonchev–Trinajstić information content (AvgIpc) is 3.70. The Hall–Kier alpha value is -1.94. The molecule has 0 saturated heterocycles. The predicted molar refractivity (Wildman–Crippen MR) is 358 cm³/mol. The van der Waals surface area contributed by atoms with Gasteiger partial charge in [0.15, 0.2) is 12.2 Å². The smallest absolute Gasteiger partial charge is 0.462 e. The van der Waals surface area contributed by atoms with Crippen LogP contribution in [0.4, 0.5) is 0 Å². The van der Waals surface area contributed by atoms with E-state index in [1.54, 1.807) is 0 Å². The molecule has 19 heteroatoms. The Morgan fingerprint density at radius 1 is 0.315 bits per heavy atom. The Morgan fingerprint density at radius 2 is 0.539 bits per heavy atom. The number of phosphoric ester groups is 2. The van der Waals surface area contributed by atoms with E-state index in [9.17, 15) is 43.2 Å². The SMILES string of the molecule is CCC(C)CCCCCCCCC(=O)OC[C@H](COP(=O)(O)OCC(O)COP(=O)(O)OC[C@@H](COC(=O)CCCCCCCCCC(C)C)OC(=O)CCCCCCCCCCCC(C)C)OC(=O)CCCCCCCCCCCCCCCCC(C)C. The Balaban J connectivity index is 5.23. The van der Waals surface area contributed by atoms with Crippen LogP contribution in [0.15, 0.2) is 0 Å². The van der Waals surface area contributed by atoms with Gasteiger partial charge in [-0.3, -0.25) is 37.3 Å². The molecule has 0 aromatic rings. The maximum Gasteiger partial charge on any atom is 0.472 e. The van der Waals surface area contributed by atoms with Crippen LogP contribution in [0.3, 0.4) is 0 Å². The van der Waals surface area contributed by atoms with Gasteiger partial charge in [0.2, 0.25) is 0 Å². The molecule has 6 atom stereocenters. The van der Waals surface area contributed by atoms with E-state index in [0.29, 0.717) is 31.6 Å². The predicted octanol–water partition coefficient (Wildman–Crippen LogP) is 19.7. The number of aliphatic hydroxyl groups is 1. The summed E-state index contributed by atoms with van der Waals surface area (Å²) in [4.78, 5) is 72.5. The summed E-state index contributed by atoms with van der Waals surface area (Å²) in [6, 6.07) is 0. The van der Waals surface area contributed by atoms with Crippen molar-refractivity contribution in [3.8, 4) is 0 Å². The highest BCUT2D eigenvalue weighted by atomic mass is 31.2. The molecular formula is C70H136O17P2. The first-order valence-electron chi connectivity index (χ1n) is 36.2. The Morgan fingerprint density at radius 3 is 0.798 bits per heavy atom.